The van der Waals surface area contributed by atoms with E-state index in [4.69, 9.17) is 29.1 Å². The number of esters is 1. The van der Waals surface area contributed by atoms with E-state index < -0.39 is 11.9 Å². The van der Waals surface area contributed by atoms with E-state index in [1.807, 2.05) is 52.0 Å². The number of carbonyl (C=O) groups excluding carboxylic acids is 1. The normalized spacial score (nSPS) is 14.4. The minimum atomic E-state index is -0.620. The summed E-state index contributed by atoms with van der Waals surface area (Å²) in [4.78, 5) is 13.1. The molecule has 0 saturated heterocycles. The minimum Gasteiger partial charge on any atom is -0.493 e. The molecule has 8 heteroatoms. The van der Waals surface area contributed by atoms with E-state index in [1.54, 1.807) is 31.4 Å². The van der Waals surface area contributed by atoms with Crippen LogP contribution in [0, 0.1) is 32.1 Å². The fraction of sp³-hybridized carbons (Fsp3) is 0.226. The second-order valence-corrected chi connectivity index (χ2v) is 9.30. The number of hydrogen-bond acceptors (Lipinski definition) is 8. The van der Waals surface area contributed by atoms with Gasteiger partial charge in [-0.05, 0) is 62.6 Å². The average molecular weight is 525 g/mol. The molecule has 1 aliphatic rings. The van der Waals surface area contributed by atoms with E-state index in [9.17, 15) is 10.1 Å². The van der Waals surface area contributed by atoms with E-state index in [0.717, 1.165) is 22.1 Å². The third-order valence-electron chi connectivity index (χ3n) is 7.03. The van der Waals surface area contributed by atoms with Gasteiger partial charge in [-0.3, -0.25) is 0 Å². The molecule has 0 saturated carbocycles. The van der Waals surface area contributed by atoms with Crippen molar-refractivity contribution in [3.05, 3.63) is 93.6 Å². The predicted molar refractivity (Wildman–Crippen MR) is 145 cm³/mol. The van der Waals surface area contributed by atoms with Gasteiger partial charge in [-0.15, -0.1) is 0 Å². The lowest BCUT2D eigenvalue weighted by atomic mass is 9.83. The quantitative estimate of drug-likeness (QED) is 0.234. The second kappa shape index (κ2) is 10.1. The van der Waals surface area contributed by atoms with Gasteiger partial charge in [0.15, 0.2) is 11.5 Å². The monoisotopic (exact) mass is 524 g/mol. The van der Waals surface area contributed by atoms with Crippen LogP contribution < -0.4 is 24.7 Å². The zero-order valence-electron chi connectivity index (χ0n) is 22.4. The molecule has 1 unspecified atom stereocenters. The number of benzene rings is 3. The molecule has 39 heavy (non-hydrogen) atoms. The average Bonchev–Trinajstić information content (AvgIpc) is 3.27. The molecule has 0 aliphatic carbocycles. The molecule has 1 aliphatic heterocycles. The number of aryl methyl sites for hydroxylation is 3. The zero-order valence-corrected chi connectivity index (χ0v) is 22.4. The Labute approximate surface area is 226 Å². The van der Waals surface area contributed by atoms with Crippen molar-refractivity contribution in [2.24, 2.45) is 5.73 Å². The lowest BCUT2D eigenvalue weighted by molar-refractivity contribution is 0.0702. The first-order chi connectivity index (χ1) is 18.8. The van der Waals surface area contributed by atoms with Gasteiger partial charge in [0.2, 0.25) is 11.6 Å². The molecule has 1 atom stereocenters. The fourth-order valence-corrected chi connectivity index (χ4v) is 4.85. The van der Waals surface area contributed by atoms with Gasteiger partial charge in [-0.2, -0.15) is 5.26 Å². The lowest BCUT2D eigenvalue weighted by Crippen LogP contribution is -2.21. The number of fused-ring (bicyclic) bond motifs is 2. The first-order valence-electron chi connectivity index (χ1n) is 12.5. The Hall–Kier alpha value is -4.90. The number of nitrogens with zero attached hydrogens (tertiary/aromatic N) is 1. The summed E-state index contributed by atoms with van der Waals surface area (Å²) >= 11 is 0. The second-order valence-electron chi connectivity index (χ2n) is 9.30. The summed E-state index contributed by atoms with van der Waals surface area (Å²) in [6.45, 7) is 8.16. The van der Waals surface area contributed by atoms with Crippen LogP contribution in [-0.4, -0.2) is 19.7 Å². The Bertz CT molecular complexity index is 1690. The topological polar surface area (TPSA) is 117 Å². The van der Waals surface area contributed by atoms with E-state index in [1.165, 1.54) is 0 Å². The van der Waals surface area contributed by atoms with Gasteiger partial charge < -0.3 is 29.1 Å². The smallest absolute Gasteiger partial charge is 0.379 e. The van der Waals surface area contributed by atoms with Gasteiger partial charge in [0.05, 0.1) is 19.6 Å². The van der Waals surface area contributed by atoms with E-state index in [-0.39, 0.29) is 23.0 Å². The number of carbonyl (C=O) groups is 1. The number of rotatable bonds is 6. The van der Waals surface area contributed by atoms with E-state index in [2.05, 4.69) is 6.07 Å². The molecule has 1 aromatic heterocycles. The van der Waals surface area contributed by atoms with Crippen molar-refractivity contribution < 1.29 is 28.2 Å². The van der Waals surface area contributed by atoms with Gasteiger partial charge in [0, 0.05) is 22.6 Å². The summed E-state index contributed by atoms with van der Waals surface area (Å²) < 4.78 is 28.6. The molecule has 0 amide bonds. The van der Waals surface area contributed by atoms with Crippen LogP contribution in [0.1, 0.15) is 51.2 Å². The first kappa shape index (κ1) is 25.7. The molecule has 198 valence electrons. The molecule has 5 rings (SSSR count). The van der Waals surface area contributed by atoms with E-state index in [0.29, 0.717) is 40.6 Å². The van der Waals surface area contributed by atoms with Crippen molar-refractivity contribution in [2.45, 2.75) is 33.6 Å². The summed E-state index contributed by atoms with van der Waals surface area (Å²) in [7, 11) is 1.56. The van der Waals surface area contributed by atoms with Crippen molar-refractivity contribution in [1.82, 2.24) is 0 Å². The van der Waals surface area contributed by atoms with Gasteiger partial charge >= 0.3 is 5.97 Å². The van der Waals surface area contributed by atoms with Gasteiger partial charge in [0.1, 0.15) is 28.7 Å². The Morgan fingerprint density at radius 1 is 1.05 bits per heavy atom. The summed E-state index contributed by atoms with van der Waals surface area (Å²) in [5.41, 5.74) is 11.3. The van der Waals surface area contributed by atoms with Crippen LogP contribution in [0.15, 0.2) is 64.4 Å². The minimum absolute atomic E-state index is 0.0229. The first-order valence-corrected chi connectivity index (χ1v) is 12.5. The lowest BCUT2D eigenvalue weighted by Gasteiger charge is -2.27. The molecular formula is C31H28N2O6. The maximum atomic E-state index is 13.1. The Balaban J connectivity index is 1.50. The van der Waals surface area contributed by atoms with Crippen LogP contribution in [0.2, 0.25) is 0 Å². The largest absolute Gasteiger partial charge is 0.493 e. The number of furan rings is 1. The summed E-state index contributed by atoms with van der Waals surface area (Å²) in [6.07, 6.45) is 0. The van der Waals surface area contributed by atoms with Crippen LogP contribution in [0.25, 0.3) is 11.0 Å². The van der Waals surface area contributed by atoms with Crippen molar-refractivity contribution >= 4 is 16.9 Å². The molecule has 0 radical (unpaired) electrons. The number of methoxy groups -OCH3 is 1. The highest BCUT2D eigenvalue weighted by atomic mass is 16.5. The number of hydrogen-bond donors (Lipinski definition) is 1. The summed E-state index contributed by atoms with van der Waals surface area (Å²) in [5, 5.41) is 10.8. The third kappa shape index (κ3) is 4.42. The van der Waals surface area contributed by atoms with Gasteiger partial charge in [-0.25, -0.2) is 4.79 Å². The molecular weight excluding hydrogens is 496 g/mol. The van der Waals surface area contributed by atoms with Crippen molar-refractivity contribution in [2.75, 3.05) is 13.7 Å². The molecule has 4 aromatic rings. The van der Waals surface area contributed by atoms with Gasteiger partial charge in [0.25, 0.3) is 0 Å². The Morgan fingerprint density at radius 2 is 1.85 bits per heavy atom. The SMILES string of the molecule is CCOc1ccc(C2C(C#N)=C(N)Oc3cc(OC(=O)c4oc5c(C)c(C)ccc5c4C)ccc32)cc1OC. The van der Waals surface area contributed by atoms with Crippen molar-refractivity contribution in [1.29, 1.82) is 5.26 Å². The molecule has 0 bridgehead atoms. The Kier molecular flexibility index (Phi) is 6.67. The zero-order chi connectivity index (χ0) is 27.8. The molecule has 0 spiro atoms. The number of nitrogens with two attached hydrogens (primary N) is 1. The number of ether oxygens (including phenoxy) is 4. The number of allylic oxidation sites excluding steroid dienone is 1. The van der Waals surface area contributed by atoms with Crippen LogP contribution in [0.4, 0.5) is 0 Å². The van der Waals surface area contributed by atoms with Crippen LogP contribution in [-0.2, 0) is 0 Å². The van der Waals surface area contributed by atoms with Crippen LogP contribution >= 0.6 is 0 Å². The maximum absolute atomic E-state index is 13.1. The van der Waals surface area contributed by atoms with Crippen LogP contribution in [0.3, 0.4) is 0 Å². The third-order valence-corrected chi connectivity index (χ3v) is 7.03. The summed E-state index contributed by atoms with van der Waals surface area (Å²) in [5.74, 6) is 0.747. The summed E-state index contributed by atoms with van der Waals surface area (Å²) in [6, 6.07) is 16.6. The van der Waals surface area contributed by atoms with E-state index >= 15 is 0 Å². The highest BCUT2D eigenvalue weighted by molar-refractivity contribution is 5.98. The van der Waals surface area contributed by atoms with Gasteiger partial charge in [-0.1, -0.05) is 24.3 Å². The predicted octanol–water partition coefficient (Wildman–Crippen LogP) is 6.20. The molecule has 3 aromatic carbocycles. The van der Waals surface area contributed by atoms with Crippen LogP contribution in [0.5, 0.6) is 23.0 Å². The number of nitriles is 1. The van der Waals surface area contributed by atoms with Crippen molar-refractivity contribution in [3.8, 4) is 29.1 Å². The highest BCUT2D eigenvalue weighted by Gasteiger charge is 2.32. The maximum Gasteiger partial charge on any atom is 0.379 e. The fourth-order valence-electron chi connectivity index (χ4n) is 4.85. The Morgan fingerprint density at radius 3 is 2.56 bits per heavy atom. The molecule has 2 heterocycles. The molecule has 2 N–H and O–H groups in total. The van der Waals surface area contributed by atoms with Crippen molar-refractivity contribution in [3.63, 3.8) is 0 Å². The molecule has 8 nitrogen and oxygen atoms in total. The molecule has 0 fully saturated rings. The highest BCUT2D eigenvalue weighted by Crippen LogP contribution is 2.45. The standard InChI is InChI=1S/C31H28N2O6/c1-6-36-24-12-8-19(13-26(24)35-5)27-22-11-9-20(14-25(22)38-30(33)23(27)15-32)37-31(34)29-18(4)21-10-7-16(2)17(3)28(21)39-29/h7-14,27H,6,33H2,1-5H3.